The van der Waals surface area contributed by atoms with Crippen LogP contribution in [0.4, 0.5) is 10.5 Å². The fourth-order valence-corrected chi connectivity index (χ4v) is 2.85. The molecule has 178 valence electrons. The van der Waals surface area contributed by atoms with Gasteiger partial charge in [0, 0.05) is 25.2 Å². The van der Waals surface area contributed by atoms with E-state index in [0.29, 0.717) is 18.8 Å². The molecule has 0 aliphatic rings. The number of rotatable bonds is 10. The maximum Gasteiger partial charge on any atom is 0.407 e. The smallest absolute Gasteiger partial charge is 0.407 e. The Morgan fingerprint density at radius 2 is 1.48 bits per heavy atom. The Morgan fingerprint density at radius 1 is 0.848 bits per heavy atom. The molecule has 0 fully saturated rings. The lowest BCUT2D eigenvalue weighted by Gasteiger charge is -2.19. The minimum absolute atomic E-state index is 0.113. The topological polar surface area (TPSA) is 106 Å². The predicted octanol–water partition coefficient (Wildman–Crippen LogP) is 3.80. The van der Waals surface area contributed by atoms with Crippen molar-refractivity contribution in [3.05, 3.63) is 59.7 Å². The van der Waals surface area contributed by atoms with Gasteiger partial charge in [0.15, 0.2) is 0 Å². The fraction of sp³-hybridized carbons (Fsp3) is 0.400. The van der Waals surface area contributed by atoms with Crippen LogP contribution in [0.15, 0.2) is 48.5 Å². The summed E-state index contributed by atoms with van der Waals surface area (Å²) in [5.74, 6) is 0.486. The zero-order valence-electron chi connectivity index (χ0n) is 19.7. The number of anilines is 1. The van der Waals surface area contributed by atoms with Crippen molar-refractivity contribution in [1.29, 1.82) is 0 Å². The average molecular weight is 456 g/mol. The van der Waals surface area contributed by atoms with E-state index in [4.69, 9.17) is 9.47 Å². The molecule has 0 aliphatic heterocycles. The molecule has 0 aliphatic carbocycles. The van der Waals surface area contributed by atoms with E-state index in [9.17, 15) is 14.4 Å². The Bertz CT molecular complexity index is 919. The molecular weight excluding hydrogens is 422 g/mol. The maximum absolute atomic E-state index is 12.3. The van der Waals surface area contributed by atoms with Crippen LogP contribution in [-0.4, -0.2) is 36.7 Å². The maximum atomic E-state index is 12.3. The lowest BCUT2D eigenvalue weighted by Crippen LogP contribution is -2.35. The Morgan fingerprint density at radius 3 is 2.09 bits per heavy atom. The summed E-state index contributed by atoms with van der Waals surface area (Å²) in [6.07, 6.45) is -0.129. The van der Waals surface area contributed by atoms with E-state index in [0.717, 1.165) is 16.9 Å². The first-order valence-corrected chi connectivity index (χ1v) is 11.0. The Kier molecular flexibility index (Phi) is 9.72. The van der Waals surface area contributed by atoms with Gasteiger partial charge >= 0.3 is 6.09 Å². The van der Waals surface area contributed by atoms with Gasteiger partial charge in [-0.2, -0.15) is 0 Å². The third-order valence-electron chi connectivity index (χ3n) is 4.35. The highest BCUT2D eigenvalue weighted by Crippen LogP contribution is 2.14. The van der Waals surface area contributed by atoms with E-state index in [1.54, 1.807) is 32.9 Å². The van der Waals surface area contributed by atoms with E-state index in [1.165, 1.54) is 0 Å². The van der Waals surface area contributed by atoms with Gasteiger partial charge in [-0.3, -0.25) is 9.59 Å². The number of alkyl carbamates (subject to hydrolysis) is 1. The summed E-state index contributed by atoms with van der Waals surface area (Å²) < 4.78 is 10.5. The monoisotopic (exact) mass is 455 g/mol. The van der Waals surface area contributed by atoms with Crippen LogP contribution in [0.25, 0.3) is 0 Å². The van der Waals surface area contributed by atoms with Gasteiger partial charge in [0.05, 0.1) is 13.0 Å². The van der Waals surface area contributed by atoms with E-state index in [-0.39, 0.29) is 31.2 Å². The number of hydrogen-bond acceptors (Lipinski definition) is 5. The van der Waals surface area contributed by atoms with Gasteiger partial charge in [-0.15, -0.1) is 0 Å². The van der Waals surface area contributed by atoms with E-state index in [2.05, 4.69) is 16.0 Å². The molecule has 0 aromatic heterocycles. The minimum Gasteiger partial charge on any atom is -0.494 e. The van der Waals surface area contributed by atoms with E-state index >= 15 is 0 Å². The molecule has 0 bridgehead atoms. The molecule has 0 atom stereocenters. The fourth-order valence-electron chi connectivity index (χ4n) is 2.85. The average Bonchev–Trinajstić information content (AvgIpc) is 2.73. The number of hydrogen-bond donors (Lipinski definition) is 3. The van der Waals surface area contributed by atoms with Crippen LogP contribution in [0.5, 0.6) is 5.75 Å². The van der Waals surface area contributed by atoms with Crippen molar-refractivity contribution < 1.29 is 23.9 Å². The van der Waals surface area contributed by atoms with Crippen molar-refractivity contribution in [1.82, 2.24) is 10.6 Å². The highest BCUT2D eigenvalue weighted by Gasteiger charge is 2.15. The lowest BCUT2D eigenvalue weighted by atomic mass is 10.1. The van der Waals surface area contributed by atoms with Gasteiger partial charge in [0.25, 0.3) is 0 Å². The second-order valence-electron chi connectivity index (χ2n) is 8.45. The quantitative estimate of drug-likeness (QED) is 0.505. The second kappa shape index (κ2) is 12.5. The molecule has 0 unspecified atom stereocenters. The summed E-state index contributed by atoms with van der Waals surface area (Å²) in [5.41, 5.74) is 1.90. The van der Waals surface area contributed by atoms with Crippen LogP contribution in [0.2, 0.25) is 0 Å². The lowest BCUT2D eigenvalue weighted by molar-refractivity contribution is -0.121. The number of amides is 3. The summed E-state index contributed by atoms with van der Waals surface area (Å²) in [6.45, 7) is 8.40. The van der Waals surface area contributed by atoms with Crippen molar-refractivity contribution >= 4 is 23.6 Å². The highest BCUT2D eigenvalue weighted by atomic mass is 16.6. The SMILES string of the molecule is CCOc1ccc(CC(=O)Nc2ccc(CNC(=O)CCNC(=O)OC(C)(C)C)cc2)cc1. The number of nitrogens with one attached hydrogen (secondary N) is 3. The van der Waals surface area contributed by atoms with E-state index in [1.807, 2.05) is 43.3 Å². The molecule has 33 heavy (non-hydrogen) atoms. The van der Waals surface area contributed by atoms with Crippen molar-refractivity contribution in [2.45, 2.75) is 52.7 Å². The molecule has 0 heterocycles. The minimum atomic E-state index is -0.576. The third kappa shape index (κ3) is 10.5. The van der Waals surface area contributed by atoms with Crippen molar-refractivity contribution in [3.8, 4) is 5.75 Å². The number of ether oxygens (including phenoxy) is 2. The van der Waals surface area contributed by atoms with Gasteiger partial charge in [-0.1, -0.05) is 24.3 Å². The normalized spacial score (nSPS) is 10.8. The third-order valence-corrected chi connectivity index (χ3v) is 4.35. The Hall–Kier alpha value is -3.55. The summed E-state index contributed by atoms with van der Waals surface area (Å²) in [5, 5.41) is 8.22. The Balaban J connectivity index is 1.70. The summed E-state index contributed by atoms with van der Waals surface area (Å²) in [6, 6.07) is 14.7. The van der Waals surface area contributed by atoms with Gasteiger partial charge < -0.3 is 25.4 Å². The summed E-state index contributed by atoms with van der Waals surface area (Å²) >= 11 is 0. The standard InChI is InChI=1S/C25H33N3O5/c1-5-32-21-12-8-18(9-13-21)16-23(30)28-20-10-6-19(7-11-20)17-27-22(29)14-15-26-24(31)33-25(2,3)4/h6-13H,5,14-17H2,1-4H3,(H,26,31)(H,27,29)(H,28,30). The molecule has 2 aromatic rings. The van der Waals surface area contributed by atoms with Crippen LogP contribution < -0.4 is 20.7 Å². The van der Waals surface area contributed by atoms with E-state index < -0.39 is 11.7 Å². The molecule has 8 nitrogen and oxygen atoms in total. The zero-order valence-corrected chi connectivity index (χ0v) is 19.7. The second-order valence-corrected chi connectivity index (χ2v) is 8.45. The van der Waals surface area contributed by atoms with Gasteiger partial charge in [0.1, 0.15) is 11.4 Å². The molecule has 3 amide bonds. The largest absolute Gasteiger partial charge is 0.494 e. The molecule has 0 saturated heterocycles. The number of benzene rings is 2. The molecule has 0 spiro atoms. The van der Waals surface area contributed by atoms with Crippen molar-refractivity contribution in [2.75, 3.05) is 18.5 Å². The molecular formula is C25H33N3O5. The molecule has 8 heteroatoms. The van der Waals surface area contributed by atoms with Crippen LogP contribution in [0, 0.1) is 0 Å². The number of carbonyl (C=O) groups excluding carboxylic acids is 3. The van der Waals surface area contributed by atoms with Crippen LogP contribution >= 0.6 is 0 Å². The first kappa shape index (κ1) is 25.7. The molecule has 2 rings (SSSR count). The van der Waals surface area contributed by atoms with Gasteiger partial charge in [-0.25, -0.2) is 4.79 Å². The zero-order chi connectivity index (χ0) is 24.3. The van der Waals surface area contributed by atoms with Crippen LogP contribution in [0.1, 0.15) is 45.2 Å². The highest BCUT2D eigenvalue weighted by molar-refractivity contribution is 5.92. The van der Waals surface area contributed by atoms with Crippen molar-refractivity contribution in [3.63, 3.8) is 0 Å². The first-order valence-electron chi connectivity index (χ1n) is 11.0. The number of carbonyl (C=O) groups is 3. The predicted molar refractivity (Wildman–Crippen MR) is 127 cm³/mol. The summed E-state index contributed by atoms with van der Waals surface area (Å²) in [7, 11) is 0. The van der Waals surface area contributed by atoms with Gasteiger partial charge in [0.2, 0.25) is 11.8 Å². The van der Waals surface area contributed by atoms with Gasteiger partial charge in [-0.05, 0) is 63.1 Å². The Labute approximate surface area is 195 Å². The summed E-state index contributed by atoms with van der Waals surface area (Å²) in [4.78, 5) is 35.8. The van der Waals surface area contributed by atoms with Crippen molar-refractivity contribution in [2.24, 2.45) is 0 Å². The molecule has 0 radical (unpaired) electrons. The molecule has 3 N–H and O–H groups in total. The first-order chi connectivity index (χ1) is 15.6. The van der Waals surface area contributed by atoms with Crippen LogP contribution in [0.3, 0.4) is 0 Å². The molecule has 0 saturated carbocycles. The molecule has 2 aromatic carbocycles. The van der Waals surface area contributed by atoms with Crippen LogP contribution in [-0.2, 0) is 27.3 Å².